The average molecular weight is 140 g/mol. The van der Waals surface area contributed by atoms with E-state index in [0.29, 0.717) is 0 Å². The number of amides is 1. The summed E-state index contributed by atoms with van der Waals surface area (Å²) in [4.78, 5) is 16.7. The van der Waals surface area contributed by atoms with Gasteiger partial charge in [-0.3, -0.25) is 9.79 Å². The minimum Gasteiger partial charge on any atom is -0.301 e. The van der Waals surface area contributed by atoms with E-state index in [1.54, 1.807) is 11.2 Å². The molecule has 1 aliphatic rings. The van der Waals surface area contributed by atoms with Gasteiger partial charge >= 0.3 is 0 Å². The van der Waals surface area contributed by atoms with Gasteiger partial charge in [-0.1, -0.05) is 6.92 Å². The molecule has 0 N–H and O–H groups in total. The monoisotopic (exact) mass is 140 g/mol. The molecule has 1 unspecified atom stereocenters. The molecule has 0 aromatic carbocycles. The number of carbonyl (C=O) groups is 1. The summed E-state index contributed by atoms with van der Waals surface area (Å²) in [5.74, 6) is 0.127. The second kappa shape index (κ2) is 2.82. The molecule has 0 saturated carbocycles. The fraction of sp³-hybridized carbons (Fsp3) is 0.714. The van der Waals surface area contributed by atoms with Gasteiger partial charge < -0.3 is 4.90 Å². The Bertz CT molecular complexity index is 165. The van der Waals surface area contributed by atoms with Crippen LogP contribution in [0.5, 0.6) is 0 Å². The molecular formula is C7H12N2O. The normalized spacial score (nSPS) is 24.4. The number of aliphatic imine (C=N–C) groups is 1. The summed E-state index contributed by atoms with van der Waals surface area (Å²) >= 11 is 0. The minimum absolute atomic E-state index is 0.127. The van der Waals surface area contributed by atoms with Gasteiger partial charge in [0.1, 0.15) is 6.04 Å². The first-order chi connectivity index (χ1) is 4.75. The molecule has 0 saturated heterocycles. The van der Waals surface area contributed by atoms with Crippen molar-refractivity contribution in [1.29, 1.82) is 0 Å². The van der Waals surface area contributed by atoms with Gasteiger partial charge in [0.05, 0.1) is 6.34 Å². The molecule has 0 bridgehead atoms. The predicted octanol–water partition coefficient (Wildman–Crippen LogP) is 0.655. The Labute approximate surface area is 60.7 Å². The van der Waals surface area contributed by atoms with Crippen molar-refractivity contribution < 1.29 is 4.79 Å². The number of rotatable bonds is 2. The Morgan fingerprint density at radius 3 is 2.90 bits per heavy atom. The van der Waals surface area contributed by atoms with Crippen LogP contribution >= 0.6 is 0 Å². The Kier molecular flexibility index (Phi) is 2.04. The van der Waals surface area contributed by atoms with Gasteiger partial charge in [-0.05, 0) is 13.3 Å². The van der Waals surface area contributed by atoms with Gasteiger partial charge in [0.15, 0.2) is 0 Å². The molecule has 1 aliphatic heterocycles. The van der Waals surface area contributed by atoms with Crippen LogP contribution in [0.1, 0.15) is 20.3 Å². The van der Waals surface area contributed by atoms with Crippen LogP contribution in [0, 0.1) is 0 Å². The van der Waals surface area contributed by atoms with E-state index in [4.69, 9.17) is 0 Å². The molecule has 0 aliphatic carbocycles. The second-order valence-corrected chi connectivity index (χ2v) is 2.47. The summed E-state index contributed by atoms with van der Waals surface area (Å²) in [5, 5.41) is 0. The molecule has 1 atom stereocenters. The number of hydrogen-bond donors (Lipinski definition) is 0. The quantitative estimate of drug-likeness (QED) is 0.554. The minimum atomic E-state index is -0.147. The summed E-state index contributed by atoms with van der Waals surface area (Å²) in [6.07, 6.45) is 2.63. The molecule has 0 spiro atoms. The van der Waals surface area contributed by atoms with Crippen LogP contribution in [-0.4, -0.2) is 29.7 Å². The van der Waals surface area contributed by atoms with E-state index in [0.717, 1.165) is 13.0 Å². The van der Waals surface area contributed by atoms with Crippen LogP contribution < -0.4 is 0 Å². The van der Waals surface area contributed by atoms with Crippen molar-refractivity contribution in [3.05, 3.63) is 0 Å². The molecule has 3 nitrogen and oxygen atoms in total. The average Bonchev–Trinajstić information content (AvgIpc) is 2.20. The highest BCUT2D eigenvalue weighted by atomic mass is 16.2. The number of nitrogens with zero attached hydrogens (tertiary/aromatic N) is 2. The molecule has 0 aromatic heterocycles. The topological polar surface area (TPSA) is 32.7 Å². The van der Waals surface area contributed by atoms with Crippen molar-refractivity contribution in [2.24, 2.45) is 4.99 Å². The third kappa shape index (κ3) is 1.17. The smallest absolute Gasteiger partial charge is 0.252 e. The predicted molar refractivity (Wildman–Crippen MR) is 40.0 cm³/mol. The highest BCUT2D eigenvalue weighted by molar-refractivity contribution is 5.96. The van der Waals surface area contributed by atoms with E-state index in [1.807, 2.05) is 13.8 Å². The van der Waals surface area contributed by atoms with Gasteiger partial charge in [-0.15, -0.1) is 0 Å². The first-order valence-corrected chi connectivity index (χ1v) is 3.59. The lowest BCUT2D eigenvalue weighted by Gasteiger charge is -2.10. The van der Waals surface area contributed by atoms with Crippen molar-refractivity contribution in [2.45, 2.75) is 26.3 Å². The standard InChI is InChI=1S/C7H12N2O/c1-3-4-9-5-8-6(2)7(9)10/h5-6H,3-4H2,1-2H3. The van der Waals surface area contributed by atoms with Gasteiger partial charge in [-0.2, -0.15) is 0 Å². The van der Waals surface area contributed by atoms with Crippen molar-refractivity contribution >= 4 is 12.2 Å². The lowest BCUT2D eigenvalue weighted by Crippen LogP contribution is -2.30. The zero-order chi connectivity index (χ0) is 7.56. The van der Waals surface area contributed by atoms with E-state index < -0.39 is 0 Å². The van der Waals surface area contributed by atoms with Gasteiger partial charge in [0.2, 0.25) is 0 Å². The molecule has 56 valence electrons. The fourth-order valence-electron chi connectivity index (χ4n) is 0.950. The molecule has 1 amide bonds. The highest BCUT2D eigenvalue weighted by Crippen LogP contribution is 2.04. The molecule has 0 aromatic rings. The van der Waals surface area contributed by atoms with Crippen LogP contribution in [0.4, 0.5) is 0 Å². The van der Waals surface area contributed by atoms with E-state index in [1.165, 1.54) is 0 Å². The maximum atomic E-state index is 11.1. The Hall–Kier alpha value is -0.860. The van der Waals surface area contributed by atoms with E-state index in [9.17, 15) is 4.79 Å². The summed E-state index contributed by atoms with van der Waals surface area (Å²) in [5.41, 5.74) is 0. The molecule has 10 heavy (non-hydrogen) atoms. The van der Waals surface area contributed by atoms with E-state index >= 15 is 0 Å². The molecule has 0 radical (unpaired) electrons. The van der Waals surface area contributed by atoms with Crippen LogP contribution in [0.3, 0.4) is 0 Å². The SMILES string of the molecule is CCCN1C=NC(C)C1=O. The van der Waals surface area contributed by atoms with Crippen LogP contribution in [0.15, 0.2) is 4.99 Å². The maximum Gasteiger partial charge on any atom is 0.252 e. The fourth-order valence-corrected chi connectivity index (χ4v) is 0.950. The summed E-state index contributed by atoms with van der Waals surface area (Å²) < 4.78 is 0. The lowest BCUT2D eigenvalue weighted by atomic mass is 10.3. The third-order valence-corrected chi connectivity index (χ3v) is 1.53. The summed E-state index contributed by atoms with van der Waals surface area (Å²) in [6.45, 7) is 4.66. The first-order valence-electron chi connectivity index (χ1n) is 3.59. The molecule has 1 heterocycles. The van der Waals surface area contributed by atoms with Crippen LogP contribution in [0.2, 0.25) is 0 Å². The van der Waals surface area contributed by atoms with E-state index in [-0.39, 0.29) is 11.9 Å². The summed E-state index contributed by atoms with van der Waals surface area (Å²) in [6, 6.07) is -0.147. The molecule has 1 rings (SSSR count). The zero-order valence-electron chi connectivity index (χ0n) is 6.37. The maximum absolute atomic E-state index is 11.1. The first kappa shape index (κ1) is 7.25. The third-order valence-electron chi connectivity index (χ3n) is 1.53. The summed E-state index contributed by atoms with van der Waals surface area (Å²) in [7, 11) is 0. The van der Waals surface area contributed by atoms with Crippen molar-refractivity contribution in [3.8, 4) is 0 Å². The molecule has 0 fully saturated rings. The van der Waals surface area contributed by atoms with Gasteiger partial charge in [-0.25, -0.2) is 0 Å². The number of carbonyl (C=O) groups excluding carboxylic acids is 1. The zero-order valence-corrected chi connectivity index (χ0v) is 6.37. The number of hydrogen-bond acceptors (Lipinski definition) is 2. The Morgan fingerprint density at radius 1 is 1.80 bits per heavy atom. The van der Waals surface area contributed by atoms with Crippen LogP contribution in [0.25, 0.3) is 0 Å². The Balaban J connectivity index is 2.50. The van der Waals surface area contributed by atoms with Crippen molar-refractivity contribution in [3.63, 3.8) is 0 Å². The van der Waals surface area contributed by atoms with Gasteiger partial charge in [0, 0.05) is 6.54 Å². The molecular weight excluding hydrogens is 128 g/mol. The lowest BCUT2D eigenvalue weighted by molar-refractivity contribution is -0.126. The largest absolute Gasteiger partial charge is 0.301 e. The molecule has 3 heteroatoms. The van der Waals surface area contributed by atoms with Gasteiger partial charge in [0.25, 0.3) is 5.91 Å². The highest BCUT2D eigenvalue weighted by Gasteiger charge is 2.22. The van der Waals surface area contributed by atoms with Crippen molar-refractivity contribution in [2.75, 3.05) is 6.54 Å². The van der Waals surface area contributed by atoms with E-state index in [2.05, 4.69) is 4.99 Å². The van der Waals surface area contributed by atoms with Crippen molar-refractivity contribution in [1.82, 2.24) is 4.90 Å². The van der Waals surface area contributed by atoms with Crippen LogP contribution in [-0.2, 0) is 4.79 Å². The second-order valence-electron chi connectivity index (χ2n) is 2.47. The Morgan fingerprint density at radius 2 is 2.50 bits per heavy atom.